The summed E-state index contributed by atoms with van der Waals surface area (Å²) < 4.78 is 15.3. The van der Waals surface area contributed by atoms with Crippen LogP contribution in [0.15, 0.2) is 41.4 Å². The zero-order valence-corrected chi connectivity index (χ0v) is 13.7. The summed E-state index contributed by atoms with van der Waals surface area (Å²) in [5, 5.41) is 8.20. The van der Waals surface area contributed by atoms with Crippen molar-refractivity contribution < 1.29 is 4.39 Å². The van der Waals surface area contributed by atoms with Crippen LogP contribution in [0.1, 0.15) is 29.9 Å². The summed E-state index contributed by atoms with van der Waals surface area (Å²) in [5.41, 5.74) is 4.57. The fourth-order valence-electron chi connectivity index (χ4n) is 3.23. The highest BCUT2D eigenvalue weighted by Crippen LogP contribution is 2.28. The molecule has 2 aromatic rings. The zero-order valence-electron chi connectivity index (χ0n) is 13.7. The lowest BCUT2D eigenvalue weighted by molar-refractivity contribution is 0.311. The number of dihydropyridines is 1. The average Bonchev–Trinajstić information content (AvgIpc) is 2.92. The van der Waals surface area contributed by atoms with Gasteiger partial charge in [0, 0.05) is 43.9 Å². The molecule has 3 heterocycles. The van der Waals surface area contributed by atoms with Crippen LogP contribution in [-0.4, -0.2) is 35.6 Å². The molecule has 4 nitrogen and oxygen atoms in total. The molecule has 1 atom stereocenters. The molecular formula is C19H21FN4. The molecular weight excluding hydrogens is 303 g/mol. The fraction of sp³-hybridized carbons (Fsp3) is 0.368. The molecule has 2 aliphatic heterocycles. The van der Waals surface area contributed by atoms with Gasteiger partial charge in [-0.1, -0.05) is 19.1 Å². The SMILES string of the molecule is CC1CN=CC=C1c1cc(Cc2ccc(F)cc2)n(C2CNC2)n1. The van der Waals surface area contributed by atoms with Gasteiger partial charge in [0.2, 0.25) is 0 Å². The number of aromatic nitrogens is 2. The van der Waals surface area contributed by atoms with E-state index in [1.807, 2.05) is 18.3 Å². The van der Waals surface area contributed by atoms with Gasteiger partial charge in [-0.15, -0.1) is 0 Å². The van der Waals surface area contributed by atoms with E-state index in [0.29, 0.717) is 12.0 Å². The lowest BCUT2D eigenvalue weighted by Gasteiger charge is -2.29. The highest BCUT2D eigenvalue weighted by atomic mass is 19.1. The van der Waals surface area contributed by atoms with Crippen LogP contribution in [0, 0.1) is 11.7 Å². The molecule has 0 saturated carbocycles. The minimum absolute atomic E-state index is 0.198. The third kappa shape index (κ3) is 2.91. The maximum absolute atomic E-state index is 13.1. The van der Waals surface area contributed by atoms with Crippen molar-refractivity contribution in [3.05, 3.63) is 59.2 Å². The van der Waals surface area contributed by atoms with Crippen LogP contribution in [0.3, 0.4) is 0 Å². The van der Waals surface area contributed by atoms with Crippen molar-refractivity contribution in [2.75, 3.05) is 19.6 Å². The minimum atomic E-state index is -0.198. The Bertz CT molecular complexity index is 784. The first-order valence-corrected chi connectivity index (χ1v) is 8.44. The molecule has 1 saturated heterocycles. The summed E-state index contributed by atoms with van der Waals surface area (Å²) in [7, 11) is 0. The molecule has 1 aromatic carbocycles. The van der Waals surface area contributed by atoms with Gasteiger partial charge < -0.3 is 5.32 Å². The van der Waals surface area contributed by atoms with Crippen molar-refractivity contribution in [1.82, 2.24) is 15.1 Å². The molecule has 1 N–H and O–H groups in total. The summed E-state index contributed by atoms with van der Waals surface area (Å²) in [6.45, 7) is 4.91. The van der Waals surface area contributed by atoms with Gasteiger partial charge in [-0.25, -0.2) is 4.39 Å². The number of benzene rings is 1. The number of hydrogen-bond donors (Lipinski definition) is 1. The smallest absolute Gasteiger partial charge is 0.123 e. The van der Waals surface area contributed by atoms with Gasteiger partial charge in [0.15, 0.2) is 0 Å². The van der Waals surface area contributed by atoms with E-state index in [-0.39, 0.29) is 5.82 Å². The number of rotatable bonds is 4. The van der Waals surface area contributed by atoms with Gasteiger partial charge in [-0.2, -0.15) is 5.10 Å². The second kappa shape index (κ2) is 6.32. The molecule has 0 aliphatic carbocycles. The monoisotopic (exact) mass is 324 g/mol. The predicted octanol–water partition coefficient (Wildman–Crippen LogP) is 2.86. The Morgan fingerprint density at radius 2 is 2.04 bits per heavy atom. The molecule has 0 bridgehead atoms. The number of halogens is 1. The van der Waals surface area contributed by atoms with Crippen LogP contribution in [0.25, 0.3) is 5.57 Å². The maximum atomic E-state index is 13.1. The molecule has 1 fully saturated rings. The van der Waals surface area contributed by atoms with Crippen LogP contribution >= 0.6 is 0 Å². The molecule has 0 radical (unpaired) electrons. The van der Waals surface area contributed by atoms with Gasteiger partial charge in [0.05, 0.1) is 11.7 Å². The normalized spacial score (nSPS) is 20.8. The van der Waals surface area contributed by atoms with Crippen LogP contribution in [0.2, 0.25) is 0 Å². The first-order valence-electron chi connectivity index (χ1n) is 8.44. The first-order chi connectivity index (χ1) is 11.7. The van der Waals surface area contributed by atoms with Crippen molar-refractivity contribution in [2.24, 2.45) is 10.9 Å². The molecule has 2 aliphatic rings. The second-order valence-corrected chi connectivity index (χ2v) is 6.62. The number of allylic oxidation sites excluding steroid dienone is 1. The molecule has 24 heavy (non-hydrogen) atoms. The number of hydrogen-bond acceptors (Lipinski definition) is 3. The second-order valence-electron chi connectivity index (χ2n) is 6.62. The van der Waals surface area contributed by atoms with Crippen LogP contribution in [0.5, 0.6) is 0 Å². The van der Waals surface area contributed by atoms with Gasteiger partial charge in [-0.3, -0.25) is 9.67 Å². The molecule has 1 aromatic heterocycles. The average molecular weight is 324 g/mol. The maximum Gasteiger partial charge on any atom is 0.123 e. The van der Waals surface area contributed by atoms with E-state index in [9.17, 15) is 4.39 Å². The lowest BCUT2D eigenvalue weighted by Crippen LogP contribution is -2.44. The summed E-state index contributed by atoms with van der Waals surface area (Å²) >= 11 is 0. The predicted molar refractivity (Wildman–Crippen MR) is 93.8 cm³/mol. The molecule has 124 valence electrons. The van der Waals surface area contributed by atoms with E-state index in [1.54, 1.807) is 0 Å². The molecule has 4 rings (SSSR count). The van der Waals surface area contributed by atoms with E-state index in [4.69, 9.17) is 5.10 Å². The van der Waals surface area contributed by atoms with Crippen molar-refractivity contribution in [3.8, 4) is 0 Å². The van der Waals surface area contributed by atoms with Crippen molar-refractivity contribution in [1.29, 1.82) is 0 Å². The number of nitrogens with one attached hydrogen (secondary N) is 1. The third-order valence-corrected chi connectivity index (χ3v) is 4.78. The Kier molecular flexibility index (Phi) is 4.02. The van der Waals surface area contributed by atoms with E-state index < -0.39 is 0 Å². The van der Waals surface area contributed by atoms with E-state index in [0.717, 1.165) is 37.3 Å². The highest BCUT2D eigenvalue weighted by molar-refractivity contribution is 5.86. The fourth-order valence-corrected chi connectivity index (χ4v) is 3.23. The summed E-state index contributed by atoms with van der Waals surface area (Å²) in [5.74, 6) is 0.188. The summed E-state index contributed by atoms with van der Waals surface area (Å²) in [6, 6.07) is 9.32. The minimum Gasteiger partial charge on any atom is -0.312 e. The Balaban J connectivity index is 1.67. The Labute approximate surface area is 141 Å². The summed E-state index contributed by atoms with van der Waals surface area (Å²) in [4.78, 5) is 4.32. The van der Waals surface area contributed by atoms with Crippen LogP contribution < -0.4 is 5.32 Å². The van der Waals surface area contributed by atoms with Crippen molar-refractivity contribution in [2.45, 2.75) is 19.4 Å². The number of nitrogens with zero attached hydrogens (tertiary/aromatic N) is 3. The quantitative estimate of drug-likeness (QED) is 0.940. The van der Waals surface area contributed by atoms with Crippen LogP contribution in [-0.2, 0) is 6.42 Å². The molecule has 1 unspecified atom stereocenters. The molecule has 0 amide bonds. The van der Waals surface area contributed by atoms with Crippen molar-refractivity contribution in [3.63, 3.8) is 0 Å². The Hall–Kier alpha value is -2.27. The van der Waals surface area contributed by atoms with E-state index in [1.165, 1.54) is 23.4 Å². The third-order valence-electron chi connectivity index (χ3n) is 4.78. The van der Waals surface area contributed by atoms with E-state index >= 15 is 0 Å². The highest BCUT2D eigenvalue weighted by Gasteiger charge is 2.25. The van der Waals surface area contributed by atoms with Crippen LogP contribution in [0.4, 0.5) is 4.39 Å². The standard InChI is InChI=1S/C19H21FN4/c1-13-10-21-7-6-18(13)19-9-16(24(23-19)17-11-22-12-17)8-14-2-4-15(20)5-3-14/h2-7,9,13,17,22H,8,10-12H2,1H3. The first kappa shape index (κ1) is 15.3. The topological polar surface area (TPSA) is 42.2 Å². The van der Waals surface area contributed by atoms with Gasteiger partial charge in [0.25, 0.3) is 0 Å². The zero-order chi connectivity index (χ0) is 16.5. The molecule has 5 heteroatoms. The van der Waals surface area contributed by atoms with Gasteiger partial charge in [0.1, 0.15) is 5.82 Å². The van der Waals surface area contributed by atoms with Crippen molar-refractivity contribution >= 4 is 11.8 Å². The Morgan fingerprint density at radius 3 is 2.71 bits per heavy atom. The summed E-state index contributed by atoms with van der Waals surface area (Å²) in [6.07, 6.45) is 4.71. The number of aliphatic imine (C=N–C) groups is 1. The van der Waals surface area contributed by atoms with Gasteiger partial charge in [-0.05, 0) is 35.4 Å². The Morgan fingerprint density at radius 1 is 1.25 bits per heavy atom. The molecule has 0 spiro atoms. The van der Waals surface area contributed by atoms with Gasteiger partial charge >= 0.3 is 0 Å². The lowest BCUT2D eigenvalue weighted by atomic mass is 9.96. The largest absolute Gasteiger partial charge is 0.312 e. The van der Waals surface area contributed by atoms with E-state index in [2.05, 4.69) is 34.1 Å².